The Balaban J connectivity index is 3.01. The van der Waals surface area contributed by atoms with Gasteiger partial charge in [0.15, 0.2) is 11.6 Å². The molecule has 1 aromatic rings. The number of halogens is 2. The van der Waals surface area contributed by atoms with Gasteiger partial charge >= 0.3 is 0 Å². The van der Waals surface area contributed by atoms with Gasteiger partial charge in [-0.25, -0.2) is 8.78 Å². The molecule has 3 heteroatoms. The maximum atomic E-state index is 13.2. The van der Waals surface area contributed by atoms with Crippen LogP contribution in [0.5, 0.6) is 0 Å². The van der Waals surface area contributed by atoms with Gasteiger partial charge in [-0.1, -0.05) is 18.2 Å². The second kappa shape index (κ2) is 4.86. The van der Waals surface area contributed by atoms with E-state index in [0.717, 1.165) is 6.07 Å². The van der Waals surface area contributed by atoms with Crippen molar-refractivity contribution in [3.8, 4) is 0 Å². The van der Waals surface area contributed by atoms with Crippen molar-refractivity contribution in [2.24, 2.45) is 5.73 Å². The van der Waals surface area contributed by atoms with Gasteiger partial charge in [0.1, 0.15) is 0 Å². The molecule has 0 unspecified atom stereocenters. The monoisotopic (exact) mass is 197 g/mol. The fourth-order valence-electron chi connectivity index (χ4n) is 1.22. The predicted molar refractivity (Wildman–Crippen MR) is 53.7 cm³/mol. The van der Waals surface area contributed by atoms with E-state index in [-0.39, 0.29) is 0 Å². The number of benzene rings is 1. The summed E-state index contributed by atoms with van der Waals surface area (Å²) in [4.78, 5) is 0. The van der Waals surface area contributed by atoms with Crippen LogP contribution in [0, 0.1) is 11.6 Å². The van der Waals surface area contributed by atoms with Gasteiger partial charge in [0, 0.05) is 5.56 Å². The Hall–Kier alpha value is -1.22. The van der Waals surface area contributed by atoms with E-state index < -0.39 is 11.6 Å². The van der Waals surface area contributed by atoms with Crippen LogP contribution in [0.2, 0.25) is 0 Å². The molecule has 0 radical (unpaired) electrons. The summed E-state index contributed by atoms with van der Waals surface area (Å²) in [6.45, 7) is 2.25. The first kappa shape index (κ1) is 10.9. The topological polar surface area (TPSA) is 26.0 Å². The van der Waals surface area contributed by atoms with Crippen molar-refractivity contribution in [1.29, 1.82) is 0 Å². The van der Waals surface area contributed by atoms with Crippen LogP contribution in [0.25, 0.3) is 5.57 Å². The maximum Gasteiger partial charge on any atom is 0.166 e. The van der Waals surface area contributed by atoms with Crippen molar-refractivity contribution in [3.63, 3.8) is 0 Å². The van der Waals surface area contributed by atoms with Crippen molar-refractivity contribution in [3.05, 3.63) is 41.5 Å². The van der Waals surface area contributed by atoms with Gasteiger partial charge in [-0.15, -0.1) is 0 Å². The van der Waals surface area contributed by atoms with E-state index in [9.17, 15) is 8.78 Å². The standard InChI is InChI=1S/C11H13F2N/c1-8(4-3-7-14)9-5-2-6-10(12)11(9)13/h2,4-6H,3,7,14H2,1H3. The molecule has 2 N–H and O–H groups in total. The normalized spacial score (nSPS) is 11.9. The Morgan fingerprint density at radius 1 is 1.43 bits per heavy atom. The molecule has 0 aliphatic rings. The lowest BCUT2D eigenvalue weighted by atomic mass is 10.1. The van der Waals surface area contributed by atoms with Gasteiger partial charge in [-0.05, 0) is 31.5 Å². The fraction of sp³-hybridized carbons (Fsp3) is 0.273. The van der Waals surface area contributed by atoms with E-state index in [2.05, 4.69) is 0 Å². The Bertz CT molecular complexity index is 345. The molecule has 0 atom stereocenters. The number of allylic oxidation sites excluding steroid dienone is 1. The molecule has 1 aromatic carbocycles. The number of hydrogen-bond donors (Lipinski definition) is 1. The second-order valence-electron chi connectivity index (χ2n) is 3.07. The van der Waals surface area contributed by atoms with Gasteiger partial charge < -0.3 is 5.73 Å². The zero-order chi connectivity index (χ0) is 10.6. The zero-order valence-electron chi connectivity index (χ0n) is 8.06. The lowest BCUT2D eigenvalue weighted by Gasteiger charge is -2.03. The van der Waals surface area contributed by atoms with E-state index in [0.29, 0.717) is 24.1 Å². The summed E-state index contributed by atoms with van der Waals surface area (Å²) in [5, 5.41) is 0. The van der Waals surface area contributed by atoms with Gasteiger partial charge in [-0.2, -0.15) is 0 Å². The van der Waals surface area contributed by atoms with E-state index in [1.54, 1.807) is 19.1 Å². The van der Waals surface area contributed by atoms with E-state index in [4.69, 9.17) is 5.73 Å². The average Bonchev–Trinajstić information content (AvgIpc) is 2.18. The van der Waals surface area contributed by atoms with Crippen LogP contribution in [-0.2, 0) is 0 Å². The zero-order valence-corrected chi connectivity index (χ0v) is 8.06. The van der Waals surface area contributed by atoms with Gasteiger partial charge in [-0.3, -0.25) is 0 Å². The molecule has 0 aliphatic carbocycles. The third-order valence-electron chi connectivity index (χ3n) is 1.99. The van der Waals surface area contributed by atoms with Crippen molar-refractivity contribution in [2.75, 3.05) is 6.54 Å². The Labute approximate surface area is 82.2 Å². The predicted octanol–water partition coefficient (Wildman–Crippen LogP) is 2.72. The van der Waals surface area contributed by atoms with Crippen LogP contribution >= 0.6 is 0 Å². The minimum absolute atomic E-state index is 0.304. The molecule has 0 saturated heterocycles. The highest BCUT2D eigenvalue weighted by Crippen LogP contribution is 2.19. The third kappa shape index (κ3) is 2.39. The molecule has 1 rings (SSSR count). The third-order valence-corrected chi connectivity index (χ3v) is 1.99. The van der Waals surface area contributed by atoms with Crippen LogP contribution in [0.1, 0.15) is 18.9 Å². The number of rotatable bonds is 3. The van der Waals surface area contributed by atoms with Crippen LogP contribution in [-0.4, -0.2) is 6.54 Å². The molecule has 0 amide bonds. The first-order valence-electron chi connectivity index (χ1n) is 4.48. The van der Waals surface area contributed by atoms with Crippen LogP contribution in [0.3, 0.4) is 0 Å². The average molecular weight is 197 g/mol. The van der Waals surface area contributed by atoms with E-state index >= 15 is 0 Å². The van der Waals surface area contributed by atoms with E-state index in [1.165, 1.54) is 6.07 Å². The highest BCUT2D eigenvalue weighted by Gasteiger charge is 2.07. The van der Waals surface area contributed by atoms with E-state index in [1.807, 2.05) is 0 Å². The Morgan fingerprint density at radius 2 is 2.14 bits per heavy atom. The Kier molecular flexibility index (Phi) is 3.77. The molecular weight excluding hydrogens is 184 g/mol. The van der Waals surface area contributed by atoms with Gasteiger partial charge in [0.25, 0.3) is 0 Å². The summed E-state index contributed by atoms with van der Waals surface area (Å²) in [5.74, 6) is -1.61. The maximum absolute atomic E-state index is 13.2. The lowest BCUT2D eigenvalue weighted by Crippen LogP contribution is -1.97. The summed E-state index contributed by atoms with van der Waals surface area (Å²) in [6, 6.07) is 4.16. The Morgan fingerprint density at radius 3 is 2.79 bits per heavy atom. The molecule has 14 heavy (non-hydrogen) atoms. The molecule has 76 valence electrons. The van der Waals surface area contributed by atoms with Crippen LogP contribution < -0.4 is 5.73 Å². The van der Waals surface area contributed by atoms with Crippen LogP contribution in [0.4, 0.5) is 8.78 Å². The van der Waals surface area contributed by atoms with Crippen molar-refractivity contribution < 1.29 is 8.78 Å². The minimum atomic E-state index is -0.817. The molecule has 0 aromatic heterocycles. The fourth-order valence-corrected chi connectivity index (χ4v) is 1.22. The summed E-state index contributed by atoms with van der Waals surface area (Å²) in [7, 11) is 0. The summed E-state index contributed by atoms with van der Waals surface area (Å²) >= 11 is 0. The highest BCUT2D eigenvalue weighted by molar-refractivity contribution is 5.64. The minimum Gasteiger partial charge on any atom is -0.330 e. The quantitative estimate of drug-likeness (QED) is 0.792. The van der Waals surface area contributed by atoms with Crippen molar-refractivity contribution in [2.45, 2.75) is 13.3 Å². The number of nitrogens with two attached hydrogens (primary N) is 1. The summed E-state index contributed by atoms with van der Waals surface area (Å²) in [6.07, 6.45) is 2.47. The summed E-state index contributed by atoms with van der Waals surface area (Å²) < 4.78 is 26.1. The first-order valence-corrected chi connectivity index (χ1v) is 4.48. The smallest absolute Gasteiger partial charge is 0.166 e. The lowest BCUT2D eigenvalue weighted by molar-refractivity contribution is 0.506. The highest BCUT2D eigenvalue weighted by atomic mass is 19.2. The SMILES string of the molecule is CC(=CCCN)c1cccc(F)c1F. The molecule has 0 spiro atoms. The first-order chi connectivity index (χ1) is 6.66. The van der Waals surface area contributed by atoms with Crippen LogP contribution in [0.15, 0.2) is 24.3 Å². The largest absolute Gasteiger partial charge is 0.330 e. The molecule has 0 fully saturated rings. The molecular formula is C11H13F2N. The van der Waals surface area contributed by atoms with Gasteiger partial charge in [0.2, 0.25) is 0 Å². The molecule has 0 bridgehead atoms. The number of hydrogen-bond acceptors (Lipinski definition) is 1. The van der Waals surface area contributed by atoms with Crippen molar-refractivity contribution in [1.82, 2.24) is 0 Å². The molecule has 0 aliphatic heterocycles. The van der Waals surface area contributed by atoms with Gasteiger partial charge in [0.05, 0.1) is 0 Å². The summed E-state index contributed by atoms with van der Waals surface area (Å²) in [5.41, 5.74) is 6.33. The molecule has 1 nitrogen and oxygen atoms in total. The second-order valence-corrected chi connectivity index (χ2v) is 3.07. The molecule has 0 saturated carbocycles. The van der Waals surface area contributed by atoms with Crippen molar-refractivity contribution >= 4 is 5.57 Å². The molecule has 0 heterocycles.